The van der Waals surface area contributed by atoms with Gasteiger partial charge in [0, 0.05) is 13.7 Å². The van der Waals surface area contributed by atoms with Crippen molar-refractivity contribution in [3.8, 4) is 0 Å². The quantitative estimate of drug-likeness (QED) is 0.836. The average molecular weight is 290 g/mol. The Morgan fingerprint density at radius 3 is 2.75 bits per heavy atom. The molecule has 0 radical (unpaired) electrons. The molecule has 0 aliphatic heterocycles. The number of ether oxygens (including phenoxy) is 1. The lowest BCUT2D eigenvalue weighted by atomic mass is 9.96. The minimum Gasteiger partial charge on any atom is -0.453 e. The second-order valence-corrected chi connectivity index (χ2v) is 4.72. The van der Waals surface area contributed by atoms with Gasteiger partial charge in [0.25, 0.3) is 0 Å². The number of methoxy groups -OCH3 is 1. The van der Waals surface area contributed by atoms with Gasteiger partial charge in [0.1, 0.15) is 5.76 Å². The molecule has 1 heterocycles. The Balaban J connectivity index is 2.66. The van der Waals surface area contributed by atoms with E-state index in [1.165, 1.54) is 0 Å². The van der Waals surface area contributed by atoms with Crippen molar-refractivity contribution in [2.24, 2.45) is 5.92 Å². The number of furan rings is 1. The molecule has 3 nitrogen and oxygen atoms in total. The summed E-state index contributed by atoms with van der Waals surface area (Å²) in [4.78, 5) is 0. The van der Waals surface area contributed by atoms with E-state index in [0.717, 1.165) is 30.0 Å². The van der Waals surface area contributed by atoms with Gasteiger partial charge in [-0.2, -0.15) is 0 Å². The van der Waals surface area contributed by atoms with Gasteiger partial charge >= 0.3 is 0 Å². The molecule has 0 amide bonds. The molecule has 1 rings (SSSR count). The van der Waals surface area contributed by atoms with Crippen LogP contribution in [-0.2, 0) is 4.74 Å². The smallest absolute Gasteiger partial charge is 0.169 e. The number of hydrogen-bond acceptors (Lipinski definition) is 3. The molecule has 0 aliphatic rings. The van der Waals surface area contributed by atoms with Crippen molar-refractivity contribution in [2.45, 2.75) is 26.3 Å². The predicted molar refractivity (Wildman–Crippen MR) is 68.5 cm³/mol. The van der Waals surface area contributed by atoms with Gasteiger partial charge in [-0.15, -0.1) is 0 Å². The molecule has 16 heavy (non-hydrogen) atoms. The third-order valence-electron chi connectivity index (χ3n) is 2.67. The summed E-state index contributed by atoms with van der Waals surface area (Å²) in [6.07, 6.45) is 1.02. The first-order chi connectivity index (χ1) is 7.69. The molecular weight excluding hydrogens is 270 g/mol. The maximum absolute atomic E-state index is 5.61. The lowest BCUT2D eigenvalue weighted by molar-refractivity contribution is 0.166. The Labute approximate surface area is 106 Å². The first-order valence-electron chi connectivity index (χ1n) is 5.66. The number of rotatable bonds is 7. The molecule has 0 spiro atoms. The summed E-state index contributed by atoms with van der Waals surface area (Å²) in [6, 6.07) is 4.20. The van der Waals surface area contributed by atoms with Crippen molar-refractivity contribution in [2.75, 3.05) is 20.3 Å². The van der Waals surface area contributed by atoms with Crippen molar-refractivity contribution in [3.63, 3.8) is 0 Å². The maximum Gasteiger partial charge on any atom is 0.169 e. The molecule has 1 aromatic rings. The second-order valence-electron chi connectivity index (χ2n) is 3.94. The average Bonchev–Trinajstić information content (AvgIpc) is 2.69. The molecule has 1 aromatic heterocycles. The highest BCUT2D eigenvalue weighted by molar-refractivity contribution is 9.10. The van der Waals surface area contributed by atoms with Crippen LogP contribution in [0.2, 0.25) is 0 Å². The second kappa shape index (κ2) is 7.09. The summed E-state index contributed by atoms with van der Waals surface area (Å²) in [6.45, 7) is 6.03. The van der Waals surface area contributed by atoms with E-state index >= 15 is 0 Å². The van der Waals surface area contributed by atoms with Crippen LogP contribution in [0, 0.1) is 5.92 Å². The van der Waals surface area contributed by atoms with Crippen LogP contribution in [0.25, 0.3) is 0 Å². The van der Waals surface area contributed by atoms with Gasteiger partial charge in [-0.3, -0.25) is 0 Å². The lowest BCUT2D eigenvalue weighted by Gasteiger charge is -2.22. The molecule has 2 atom stereocenters. The molecule has 0 aromatic carbocycles. The summed E-state index contributed by atoms with van der Waals surface area (Å²) in [7, 11) is 1.73. The largest absolute Gasteiger partial charge is 0.453 e. The van der Waals surface area contributed by atoms with Gasteiger partial charge in [-0.1, -0.05) is 13.8 Å². The molecule has 0 bridgehead atoms. The van der Waals surface area contributed by atoms with E-state index in [9.17, 15) is 0 Å². The summed E-state index contributed by atoms with van der Waals surface area (Å²) in [5.41, 5.74) is 0. The molecular formula is C12H20BrNO2. The molecule has 1 N–H and O–H groups in total. The molecule has 0 fully saturated rings. The van der Waals surface area contributed by atoms with Crippen LogP contribution < -0.4 is 5.32 Å². The number of halogens is 1. The van der Waals surface area contributed by atoms with Gasteiger partial charge in [-0.25, -0.2) is 0 Å². The van der Waals surface area contributed by atoms with Crippen LogP contribution in [0.1, 0.15) is 32.1 Å². The van der Waals surface area contributed by atoms with E-state index in [1.807, 2.05) is 12.1 Å². The minimum absolute atomic E-state index is 0.256. The highest BCUT2D eigenvalue weighted by Gasteiger charge is 2.21. The zero-order valence-electron chi connectivity index (χ0n) is 10.1. The highest BCUT2D eigenvalue weighted by Crippen LogP contribution is 2.27. The van der Waals surface area contributed by atoms with Crippen LogP contribution in [-0.4, -0.2) is 20.3 Å². The third kappa shape index (κ3) is 3.92. The van der Waals surface area contributed by atoms with Gasteiger partial charge in [0.15, 0.2) is 4.67 Å². The van der Waals surface area contributed by atoms with Crippen molar-refractivity contribution in [1.82, 2.24) is 5.32 Å². The van der Waals surface area contributed by atoms with Crippen LogP contribution in [0.15, 0.2) is 21.2 Å². The molecule has 4 heteroatoms. The fourth-order valence-corrected chi connectivity index (χ4v) is 2.09. The van der Waals surface area contributed by atoms with E-state index in [0.29, 0.717) is 5.92 Å². The maximum atomic E-state index is 5.61. The third-order valence-corrected chi connectivity index (χ3v) is 3.10. The molecule has 2 unspecified atom stereocenters. The fourth-order valence-electron chi connectivity index (χ4n) is 1.77. The SMILES string of the molecule is CCNC(c1ccc(Br)o1)C(C)CCOC. The Bertz CT molecular complexity index is 301. The Morgan fingerprint density at radius 2 is 2.25 bits per heavy atom. The Kier molecular flexibility index (Phi) is 6.09. The van der Waals surface area contributed by atoms with E-state index in [4.69, 9.17) is 9.15 Å². The van der Waals surface area contributed by atoms with Crippen LogP contribution >= 0.6 is 15.9 Å². The highest BCUT2D eigenvalue weighted by atomic mass is 79.9. The van der Waals surface area contributed by atoms with Crippen molar-refractivity contribution in [3.05, 3.63) is 22.6 Å². The summed E-state index contributed by atoms with van der Waals surface area (Å²) in [5, 5.41) is 3.45. The summed E-state index contributed by atoms with van der Waals surface area (Å²) < 4.78 is 11.5. The van der Waals surface area contributed by atoms with E-state index < -0.39 is 0 Å². The molecule has 92 valence electrons. The van der Waals surface area contributed by atoms with Crippen LogP contribution in [0.4, 0.5) is 0 Å². The van der Waals surface area contributed by atoms with Crippen molar-refractivity contribution >= 4 is 15.9 Å². The zero-order valence-corrected chi connectivity index (χ0v) is 11.7. The van der Waals surface area contributed by atoms with Crippen LogP contribution in [0.5, 0.6) is 0 Å². The summed E-state index contributed by atoms with van der Waals surface area (Å²) in [5.74, 6) is 1.47. The van der Waals surface area contributed by atoms with Gasteiger partial charge in [-0.05, 0) is 46.9 Å². The fraction of sp³-hybridized carbons (Fsp3) is 0.667. The topological polar surface area (TPSA) is 34.4 Å². The molecule has 0 saturated carbocycles. The predicted octanol–water partition coefficient (Wildman–Crippen LogP) is 3.37. The van der Waals surface area contributed by atoms with E-state index in [1.54, 1.807) is 7.11 Å². The first-order valence-corrected chi connectivity index (χ1v) is 6.45. The Morgan fingerprint density at radius 1 is 1.50 bits per heavy atom. The van der Waals surface area contributed by atoms with Crippen molar-refractivity contribution in [1.29, 1.82) is 0 Å². The minimum atomic E-state index is 0.256. The summed E-state index contributed by atoms with van der Waals surface area (Å²) >= 11 is 3.33. The van der Waals surface area contributed by atoms with E-state index in [-0.39, 0.29) is 6.04 Å². The first kappa shape index (κ1) is 13.7. The molecule has 0 saturated heterocycles. The molecule has 0 aliphatic carbocycles. The van der Waals surface area contributed by atoms with E-state index in [2.05, 4.69) is 35.1 Å². The lowest BCUT2D eigenvalue weighted by Crippen LogP contribution is -2.27. The normalized spacial score (nSPS) is 15.0. The zero-order chi connectivity index (χ0) is 12.0. The monoisotopic (exact) mass is 289 g/mol. The van der Waals surface area contributed by atoms with Gasteiger partial charge in [0.2, 0.25) is 0 Å². The standard InChI is InChI=1S/C12H20BrNO2/c1-4-14-12(9(2)7-8-15-3)10-5-6-11(13)16-10/h5-6,9,12,14H,4,7-8H2,1-3H3. The van der Waals surface area contributed by atoms with Crippen LogP contribution in [0.3, 0.4) is 0 Å². The Hall–Kier alpha value is -0.320. The van der Waals surface area contributed by atoms with Gasteiger partial charge in [0.05, 0.1) is 6.04 Å². The van der Waals surface area contributed by atoms with Gasteiger partial charge < -0.3 is 14.5 Å². The van der Waals surface area contributed by atoms with Crippen molar-refractivity contribution < 1.29 is 9.15 Å². The number of nitrogens with one attached hydrogen (secondary N) is 1. The number of hydrogen-bond donors (Lipinski definition) is 1.